The number of anilines is 2. The van der Waals surface area contributed by atoms with E-state index >= 15 is 0 Å². The lowest BCUT2D eigenvalue weighted by atomic mass is 10.2. The molecule has 116 valence electrons. The highest BCUT2D eigenvalue weighted by molar-refractivity contribution is 7.89. The molecule has 0 unspecified atom stereocenters. The Balaban J connectivity index is 2.16. The summed E-state index contributed by atoms with van der Waals surface area (Å²) in [6, 6.07) is 12.5. The van der Waals surface area contributed by atoms with Crippen LogP contribution in [0, 0.1) is 0 Å². The number of rotatable bonds is 4. The molecule has 0 fully saturated rings. The van der Waals surface area contributed by atoms with Crippen LogP contribution in [0.4, 0.5) is 11.4 Å². The Kier molecular flexibility index (Phi) is 4.48. The number of hydrogen-bond acceptors (Lipinski definition) is 4. The Morgan fingerprint density at radius 3 is 2.05 bits per heavy atom. The summed E-state index contributed by atoms with van der Waals surface area (Å²) in [6.07, 6.45) is 0. The molecule has 0 aliphatic heterocycles. The van der Waals surface area contributed by atoms with Crippen LogP contribution in [-0.4, -0.2) is 32.7 Å². The van der Waals surface area contributed by atoms with Crippen molar-refractivity contribution < 1.29 is 13.2 Å². The van der Waals surface area contributed by atoms with Crippen molar-refractivity contribution in [3.8, 4) is 0 Å². The molecule has 0 atom stereocenters. The van der Waals surface area contributed by atoms with E-state index in [1.165, 1.54) is 38.4 Å². The van der Waals surface area contributed by atoms with Crippen molar-refractivity contribution in [1.82, 2.24) is 4.31 Å². The number of benzene rings is 2. The second kappa shape index (κ2) is 6.17. The summed E-state index contributed by atoms with van der Waals surface area (Å²) in [5.41, 5.74) is 7.17. The molecule has 0 aliphatic carbocycles. The van der Waals surface area contributed by atoms with E-state index in [4.69, 9.17) is 5.73 Å². The number of nitrogen functional groups attached to an aromatic ring is 1. The molecule has 0 saturated carbocycles. The van der Waals surface area contributed by atoms with Crippen LogP contribution in [0.15, 0.2) is 53.4 Å². The van der Waals surface area contributed by atoms with Gasteiger partial charge in [-0.3, -0.25) is 4.79 Å². The third kappa shape index (κ3) is 3.44. The minimum atomic E-state index is -3.50. The van der Waals surface area contributed by atoms with Gasteiger partial charge in [0.05, 0.1) is 4.90 Å². The highest BCUT2D eigenvalue weighted by atomic mass is 32.2. The highest BCUT2D eigenvalue weighted by Crippen LogP contribution is 2.16. The maximum Gasteiger partial charge on any atom is 0.255 e. The van der Waals surface area contributed by atoms with Crippen molar-refractivity contribution in [3.05, 3.63) is 54.1 Å². The zero-order valence-corrected chi connectivity index (χ0v) is 13.1. The van der Waals surface area contributed by atoms with E-state index in [0.717, 1.165) is 4.31 Å². The molecular weight excluding hydrogens is 302 g/mol. The first-order valence-electron chi connectivity index (χ1n) is 6.50. The van der Waals surface area contributed by atoms with Crippen molar-refractivity contribution in [2.24, 2.45) is 0 Å². The first-order valence-corrected chi connectivity index (χ1v) is 7.94. The summed E-state index contributed by atoms with van der Waals surface area (Å²) < 4.78 is 25.0. The Morgan fingerprint density at radius 2 is 1.55 bits per heavy atom. The largest absolute Gasteiger partial charge is 0.399 e. The van der Waals surface area contributed by atoms with Crippen molar-refractivity contribution in [3.63, 3.8) is 0 Å². The molecular formula is C15H17N3O3S. The first kappa shape index (κ1) is 16.0. The minimum absolute atomic E-state index is 0.140. The molecule has 0 aliphatic rings. The Morgan fingerprint density at radius 1 is 1.00 bits per heavy atom. The number of nitrogens with two attached hydrogens (primary N) is 1. The van der Waals surface area contributed by atoms with Gasteiger partial charge in [-0.15, -0.1) is 0 Å². The molecule has 2 aromatic carbocycles. The van der Waals surface area contributed by atoms with Gasteiger partial charge in [0.15, 0.2) is 0 Å². The number of sulfonamides is 1. The molecule has 0 bridgehead atoms. The van der Waals surface area contributed by atoms with Gasteiger partial charge in [-0.1, -0.05) is 0 Å². The van der Waals surface area contributed by atoms with Crippen LogP contribution in [0.3, 0.4) is 0 Å². The molecule has 2 rings (SSSR count). The third-order valence-corrected chi connectivity index (χ3v) is 4.89. The van der Waals surface area contributed by atoms with E-state index in [9.17, 15) is 13.2 Å². The van der Waals surface area contributed by atoms with E-state index in [1.54, 1.807) is 24.3 Å². The molecule has 0 spiro atoms. The Bertz CT molecular complexity index is 767. The molecule has 0 heterocycles. The van der Waals surface area contributed by atoms with E-state index < -0.39 is 10.0 Å². The maximum absolute atomic E-state index is 12.1. The summed E-state index contributed by atoms with van der Waals surface area (Å²) in [4.78, 5) is 12.2. The monoisotopic (exact) mass is 319 g/mol. The SMILES string of the molecule is CN(C)S(=O)(=O)c1ccc(C(=O)Nc2ccc(N)cc2)cc1. The van der Waals surface area contributed by atoms with Crippen LogP contribution in [0.5, 0.6) is 0 Å². The summed E-state index contributed by atoms with van der Waals surface area (Å²) in [7, 11) is -0.584. The van der Waals surface area contributed by atoms with Gasteiger partial charge in [0.2, 0.25) is 10.0 Å². The predicted molar refractivity (Wildman–Crippen MR) is 86.1 cm³/mol. The zero-order chi connectivity index (χ0) is 16.3. The van der Waals surface area contributed by atoms with Crippen molar-refractivity contribution in [2.75, 3.05) is 25.1 Å². The molecule has 0 aromatic heterocycles. The standard InChI is InChI=1S/C15H17N3O3S/c1-18(2)22(20,21)14-9-3-11(4-10-14)15(19)17-13-7-5-12(16)6-8-13/h3-10H,16H2,1-2H3,(H,17,19). The predicted octanol–water partition coefficient (Wildman–Crippen LogP) is 1.77. The fraction of sp³-hybridized carbons (Fsp3) is 0.133. The van der Waals surface area contributed by atoms with Crippen LogP contribution >= 0.6 is 0 Å². The summed E-state index contributed by atoms with van der Waals surface area (Å²) >= 11 is 0. The van der Waals surface area contributed by atoms with Crippen LogP contribution in [0.25, 0.3) is 0 Å². The molecule has 22 heavy (non-hydrogen) atoms. The smallest absolute Gasteiger partial charge is 0.255 e. The quantitative estimate of drug-likeness (QED) is 0.840. The van der Waals surface area contributed by atoms with Gasteiger partial charge in [0.25, 0.3) is 5.91 Å². The number of amides is 1. The van der Waals surface area contributed by atoms with Crippen LogP contribution in [0.1, 0.15) is 10.4 Å². The Hall–Kier alpha value is -2.38. The Labute approximate surface area is 129 Å². The van der Waals surface area contributed by atoms with Crippen molar-refractivity contribution in [1.29, 1.82) is 0 Å². The topological polar surface area (TPSA) is 92.5 Å². The lowest BCUT2D eigenvalue weighted by molar-refractivity contribution is 0.102. The summed E-state index contributed by atoms with van der Waals surface area (Å²) in [6.45, 7) is 0. The van der Waals surface area contributed by atoms with Crippen LogP contribution in [0.2, 0.25) is 0 Å². The maximum atomic E-state index is 12.1. The van der Waals surface area contributed by atoms with Gasteiger partial charge in [-0.05, 0) is 48.5 Å². The van der Waals surface area contributed by atoms with Crippen LogP contribution in [-0.2, 0) is 10.0 Å². The number of nitrogens with zero attached hydrogens (tertiary/aromatic N) is 1. The lowest BCUT2D eigenvalue weighted by Crippen LogP contribution is -2.22. The van der Waals surface area contributed by atoms with Gasteiger partial charge in [-0.25, -0.2) is 12.7 Å². The second-order valence-electron chi connectivity index (χ2n) is 4.89. The fourth-order valence-electron chi connectivity index (χ4n) is 1.76. The second-order valence-corrected chi connectivity index (χ2v) is 7.04. The number of nitrogens with one attached hydrogen (secondary N) is 1. The van der Waals surface area contributed by atoms with E-state index in [1.807, 2.05) is 0 Å². The van der Waals surface area contributed by atoms with E-state index in [-0.39, 0.29) is 10.8 Å². The summed E-state index contributed by atoms with van der Waals surface area (Å²) in [5, 5.41) is 2.71. The van der Waals surface area contributed by atoms with Gasteiger partial charge in [-0.2, -0.15) is 0 Å². The first-order chi connectivity index (χ1) is 10.3. The van der Waals surface area contributed by atoms with Gasteiger partial charge in [0.1, 0.15) is 0 Å². The average Bonchev–Trinajstić information content (AvgIpc) is 2.49. The zero-order valence-electron chi connectivity index (χ0n) is 12.3. The normalized spacial score (nSPS) is 11.4. The molecule has 6 nitrogen and oxygen atoms in total. The fourth-order valence-corrected chi connectivity index (χ4v) is 2.66. The number of carbonyl (C=O) groups is 1. The molecule has 3 N–H and O–H groups in total. The summed E-state index contributed by atoms with van der Waals surface area (Å²) in [5.74, 6) is -0.321. The van der Waals surface area contributed by atoms with Crippen LogP contribution < -0.4 is 11.1 Å². The number of carbonyl (C=O) groups excluding carboxylic acids is 1. The molecule has 0 radical (unpaired) electrons. The lowest BCUT2D eigenvalue weighted by Gasteiger charge is -2.11. The van der Waals surface area contributed by atoms with Crippen molar-refractivity contribution in [2.45, 2.75) is 4.90 Å². The minimum Gasteiger partial charge on any atom is -0.399 e. The van der Waals surface area contributed by atoms with E-state index in [2.05, 4.69) is 5.32 Å². The van der Waals surface area contributed by atoms with E-state index in [0.29, 0.717) is 16.9 Å². The van der Waals surface area contributed by atoms with Gasteiger partial charge < -0.3 is 11.1 Å². The van der Waals surface area contributed by atoms with Crippen molar-refractivity contribution >= 4 is 27.3 Å². The van der Waals surface area contributed by atoms with Gasteiger partial charge in [0, 0.05) is 31.0 Å². The highest BCUT2D eigenvalue weighted by Gasteiger charge is 2.17. The molecule has 7 heteroatoms. The molecule has 2 aromatic rings. The average molecular weight is 319 g/mol. The molecule has 0 saturated heterocycles. The van der Waals surface area contributed by atoms with Gasteiger partial charge >= 0.3 is 0 Å². The third-order valence-electron chi connectivity index (χ3n) is 3.06. The molecule has 1 amide bonds. The number of hydrogen-bond donors (Lipinski definition) is 2.